The van der Waals surface area contributed by atoms with Crippen LogP contribution in [0.5, 0.6) is 0 Å². The molecule has 0 aromatic heterocycles. The summed E-state index contributed by atoms with van der Waals surface area (Å²) < 4.78 is 0. The fraction of sp³-hybridized carbons (Fsp3) is 0.188. The maximum atomic E-state index is 11.4. The van der Waals surface area contributed by atoms with Crippen molar-refractivity contribution in [3.05, 3.63) is 48.2 Å². The topological polar surface area (TPSA) is 61.8 Å². The van der Waals surface area contributed by atoms with Gasteiger partial charge in [-0.05, 0) is 36.4 Å². The highest BCUT2D eigenvalue weighted by Gasteiger charge is 2.12. The van der Waals surface area contributed by atoms with Crippen molar-refractivity contribution >= 4 is 28.8 Å². The van der Waals surface area contributed by atoms with Crippen LogP contribution in [-0.2, 0) is 9.59 Å². The first kappa shape index (κ1) is 14.7. The Bertz CT molecular complexity index is 653. The molecule has 0 atom stereocenters. The number of hydrogen-bond acceptors (Lipinski definition) is 4. The molecule has 1 aromatic carbocycles. The number of rotatable bonds is 3. The molecule has 0 fully saturated rings. The Hall–Kier alpha value is -2.69. The molecular formula is C16H17N3O2. The van der Waals surface area contributed by atoms with Crippen LogP contribution in [0.3, 0.4) is 0 Å². The molecule has 1 aromatic rings. The van der Waals surface area contributed by atoms with Gasteiger partial charge in [0.2, 0.25) is 5.91 Å². The van der Waals surface area contributed by atoms with Gasteiger partial charge in [-0.1, -0.05) is 0 Å². The second-order valence-corrected chi connectivity index (χ2v) is 4.88. The van der Waals surface area contributed by atoms with Gasteiger partial charge >= 0.3 is 0 Å². The third kappa shape index (κ3) is 3.89. The Labute approximate surface area is 123 Å². The van der Waals surface area contributed by atoms with E-state index in [1.807, 2.05) is 43.3 Å². The summed E-state index contributed by atoms with van der Waals surface area (Å²) in [6, 6.07) is 7.69. The van der Waals surface area contributed by atoms with Crippen molar-refractivity contribution in [3.8, 4) is 0 Å². The summed E-state index contributed by atoms with van der Waals surface area (Å²) in [5, 5.41) is 2.62. The molecule has 0 saturated carbocycles. The van der Waals surface area contributed by atoms with Crippen LogP contribution in [0.4, 0.5) is 11.4 Å². The molecule has 5 heteroatoms. The van der Waals surface area contributed by atoms with Gasteiger partial charge in [-0.2, -0.15) is 0 Å². The van der Waals surface area contributed by atoms with Gasteiger partial charge in [0, 0.05) is 32.8 Å². The predicted octanol–water partition coefficient (Wildman–Crippen LogP) is 1.98. The van der Waals surface area contributed by atoms with Crippen molar-refractivity contribution in [1.29, 1.82) is 0 Å². The SMILES string of the molecule is CC(=O)NC1=CC(=O)C=CC1=Nc1ccc(N(C)C)cc1. The molecule has 5 nitrogen and oxygen atoms in total. The van der Waals surface area contributed by atoms with Crippen LogP contribution >= 0.6 is 0 Å². The number of ketones is 1. The first-order valence-corrected chi connectivity index (χ1v) is 6.53. The van der Waals surface area contributed by atoms with Gasteiger partial charge in [0.25, 0.3) is 0 Å². The highest BCUT2D eigenvalue weighted by molar-refractivity contribution is 6.21. The molecule has 0 unspecified atom stereocenters. The molecule has 21 heavy (non-hydrogen) atoms. The lowest BCUT2D eigenvalue weighted by Crippen LogP contribution is -2.26. The van der Waals surface area contributed by atoms with Gasteiger partial charge in [-0.25, -0.2) is 4.99 Å². The molecule has 0 radical (unpaired) electrons. The summed E-state index contributed by atoms with van der Waals surface area (Å²) in [5.41, 5.74) is 2.81. The number of aliphatic imine (C=N–C) groups is 1. The van der Waals surface area contributed by atoms with E-state index in [2.05, 4.69) is 10.3 Å². The van der Waals surface area contributed by atoms with Gasteiger partial charge in [0.05, 0.1) is 17.1 Å². The van der Waals surface area contributed by atoms with Crippen molar-refractivity contribution < 1.29 is 9.59 Å². The molecule has 0 saturated heterocycles. The summed E-state index contributed by atoms with van der Waals surface area (Å²) in [7, 11) is 3.93. The average Bonchev–Trinajstić information content (AvgIpc) is 2.42. The van der Waals surface area contributed by atoms with E-state index in [9.17, 15) is 9.59 Å². The summed E-state index contributed by atoms with van der Waals surface area (Å²) in [6.07, 6.45) is 4.40. The zero-order chi connectivity index (χ0) is 15.4. The van der Waals surface area contributed by atoms with E-state index in [1.54, 1.807) is 6.08 Å². The number of benzene rings is 1. The van der Waals surface area contributed by atoms with Crippen molar-refractivity contribution in [3.63, 3.8) is 0 Å². The predicted molar refractivity (Wildman–Crippen MR) is 83.9 cm³/mol. The zero-order valence-corrected chi connectivity index (χ0v) is 12.3. The summed E-state index contributed by atoms with van der Waals surface area (Å²) in [5.74, 6) is -0.402. The monoisotopic (exact) mass is 283 g/mol. The number of carbonyl (C=O) groups excluding carboxylic acids is 2. The summed E-state index contributed by atoms with van der Waals surface area (Å²) >= 11 is 0. The highest BCUT2D eigenvalue weighted by atomic mass is 16.1. The van der Waals surface area contributed by atoms with Gasteiger partial charge in [-0.3, -0.25) is 9.59 Å². The van der Waals surface area contributed by atoms with E-state index in [-0.39, 0.29) is 11.7 Å². The van der Waals surface area contributed by atoms with E-state index in [4.69, 9.17) is 0 Å². The number of allylic oxidation sites excluding steroid dienone is 3. The second kappa shape index (κ2) is 6.17. The third-order valence-corrected chi connectivity index (χ3v) is 2.89. The van der Waals surface area contributed by atoms with Crippen LogP contribution < -0.4 is 10.2 Å². The number of hydrogen-bond donors (Lipinski definition) is 1. The molecule has 0 bridgehead atoms. The molecule has 1 aliphatic carbocycles. The van der Waals surface area contributed by atoms with Gasteiger partial charge in [0.15, 0.2) is 5.78 Å². The van der Waals surface area contributed by atoms with E-state index in [0.29, 0.717) is 11.4 Å². The molecule has 1 amide bonds. The molecule has 1 N–H and O–H groups in total. The zero-order valence-electron chi connectivity index (χ0n) is 12.3. The molecule has 0 spiro atoms. The maximum Gasteiger partial charge on any atom is 0.221 e. The van der Waals surface area contributed by atoms with Gasteiger partial charge in [-0.15, -0.1) is 0 Å². The molecular weight excluding hydrogens is 266 g/mol. The Morgan fingerprint density at radius 3 is 2.38 bits per heavy atom. The minimum absolute atomic E-state index is 0.166. The molecule has 108 valence electrons. The van der Waals surface area contributed by atoms with E-state index in [0.717, 1.165) is 11.4 Å². The summed E-state index contributed by atoms with van der Waals surface area (Å²) in [4.78, 5) is 29.0. The van der Waals surface area contributed by atoms with Crippen molar-refractivity contribution in [1.82, 2.24) is 5.32 Å². The smallest absolute Gasteiger partial charge is 0.221 e. The average molecular weight is 283 g/mol. The fourth-order valence-electron chi connectivity index (χ4n) is 1.87. The number of nitrogens with zero attached hydrogens (tertiary/aromatic N) is 2. The Balaban J connectivity index is 2.29. The minimum Gasteiger partial charge on any atom is -0.378 e. The largest absolute Gasteiger partial charge is 0.378 e. The van der Waals surface area contributed by atoms with Crippen molar-refractivity contribution in [2.24, 2.45) is 4.99 Å². The Kier molecular flexibility index (Phi) is 4.33. The lowest BCUT2D eigenvalue weighted by molar-refractivity contribution is -0.118. The minimum atomic E-state index is -0.236. The molecule has 1 aliphatic rings. The third-order valence-electron chi connectivity index (χ3n) is 2.89. The standard InChI is InChI=1S/C16H17N3O2/c1-11(20)17-16-10-14(21)8-9-15(16)18-12-4-6-13(7-5-12)19(2)3/h4-10H,1-3H3,(H,17,20). The first-order valence-electron chi connectivity index (χ1n) is 6.53. The second-order valence-electron chi connectivity index (χ2n) is 4.88. The lowest BCUT2D eigenvalue weighted by atomic mass is 10.1. The first-order chi connectivity index (χ1) is 9.95. The molecule has 0 heterocycles. The highest BCUT2D eigenvalue weighted by Crippen LogP contribution is 2.20. The van der Waals surface area contributed by atoms with Crippen molar-refractivity contribution in [2.45, 2.75) is 6.92 Å². The normalized spacial score (nSPS) is 15.9. The van der Waals surface area contributed by atoms with E-state index >= 15 is 0 Å². The fourth-order valence-corrected chi connectivity index (χ4v) is 1.87. The van der Waals surface area contributed by atoms with Crippen LogP contribution in [-0.4, -0.2) is 31.5 Å². The van der Waals surface area contributed by atoms with Crippen LogP contribution in [0.25, 0.3) is 0 Å². The van der Waals surface area contributed by atoms with Crippen LogP contribution in [0.2, 0.25) is 0 Å². The number of anilines is 1. The van der Waals surface area contributed by atoms with Gasteiger partial charge in [0.1, 0.15) is 0 Å². The molecule has 2 rings (SSSR count). The van der Waals surface area contributed by atoms with Crippen molar-refractivity contribution in [2.75, 3.05) is 19.0 Å². The maximum absolute atomic E-state index is 11.4. The van der Waals surface area contributed by atoms with E-state index in [1.165, 1.54) is 19.1 Å². The van der Waals surface area contributed by atoms with Crippen LogP contribution in [0, 0.1) is 0 Å². The van der Waals surface area contributed by atoms with Crippen LogP contribution in [0.1, 0.15) is 6.92 Å². The number of carbonyl (C=O) groups is 2. The summed E-state index contributed by atoms with van der Waals surface area (Å²) in [6.45, 7) is 1.40. The van der Waals surface area contributed by atoms with E-state index < -0.39 is 0 Å². The Morgan fingerprint density at radius 2 is 1.81 bits per heavy atom. The number of nitrogens with one attached hydrogen (secondary N) is 1. The van der Waals surface area contributed by atoms with Gasteiger partial charge < -0.3 is 10.2 Å². The number of amides is 1. The lowest BCUT2D eigenvalue weighted by Gasteiger charge is -2.13. The van der Waals surface area contributed by atoms with Crippen LogP contribution in [0.15, 0.2) is 53.2 Å². The Morgan fingerprint density at radius 1 is 1.14 bits per heavy atom. The molecule has 0 aliphatic heterocycles. The quantitative estimate of drug-likeness (QED) is 0.863.